The lowest BCUT2D eigenvalue weighted by Gasteiger charge is -2.25. The van der Waals surface area contributed by atoms with Crippen molar-refractivity contribution in [2.75, 3.05) is 29.0 Å². The minimum absolute atomic E-state index is 0.0261. The molecule has 0 unspecified atom stereocenters. The molecular formula is C29H28ClFN6O3S. The van der Waals surface area contributed by atoms with Gasteiger partial charge in [-0.1, -0.05) is 41.9 Å². The summed E-state index contributed by atoms with van der Waals surface area (Å²) in [4.78, 5) is 22.2. The summed E-state index contributed by atoms with van der Waals surface area (Å²) in [6, 6.07) is 17.9. The summed E-state index contributed by atoms with van der Waals surface area (Å²) < 4.78 is 43.1. The van der Waals surface area contributed by atoms with Crippen LogP contribution < -0.4 is 20.7 Å². The van der Waals surface area contributed by atoms with E-state index in [9.17, 15) is 13.2 Å². The molecule has 1 aromatic heterocycles. The highest BCUT2D eigenvalue weighted by molar-refractivity contribution is 7.89. The SMILES string of the molecule is CC(C)(C(=O)Nc1ccc(-c2cnc3nc2NCCCNS(=O)(=O)c2cccc(c2)N3)cc1F)c1ccccc1Cl. The van der Waals surface area contributed by atoms with Crippen LogP contribution in [0, 0.1) is 5.82 Å². The van der Waals surface area contributed by atoms with Crippen molar-refractivity contribution >= 4 is 50.7 Å². The molecule has 12 heteroatoms. The first-order valence-electron chi connectivity index (χ1n) is 12.9. The van der Waals surface area contributed by atoms with Gasteiger partial charge in [0.1, 0.15) is 11.6 Å². The zero-order chi connectivity index (χ0) is 29.2. The van der Waals surface area contributed by atoms with Crippen molar-refractivity contribution in [3.63, 3.8) is 0 Å². The van der Waals surface area contributed by atoms with Gasteiger partial charge >= 0.3 is 0 Å². The third-order valence-corrected chi connectivity index (χ3v) is 8.56. The molecule has 4 aromatic rings. The molecule has 0 saturated heterocycles. The number of carbonyl (C=O) groups is 1. The predicted molar refractivity (Wildman–Crippen MR) is 159 cm³/mol. The summed E-state index contributed by atoms with van der Waals surface area (Å²) in [5, 5.41) is 9.36. The second kappa shape index (κ2) is 11.4. The van der Waals surface area contributed by atoms with Gasteiger partial charge in [0.2, 0.25) is 21.9 Å². The first kappa shape index (κ1) is 28.5. The molecule has 0 fully saturated rings. The van der Waals surface area contributed by atoms with Gasteiger partial charge in [-0.05, 0) is 67.8 Å². The van der Waals surface area contributed by atoms with Crippen LogP contribution in [-0.2, 0) is 20.2 Å². The molecule has 1 aliphatic rings. The molecule has 41 heavy (non-hydrogen) atoms. The molecule has 3 aromatic carbocycles. The number of hydrogen-bond donors (Lipinski definition) is 4. The number of nitrogens with one attached hydrogen (secondary N) is 4. The summed E-state index contributed by atoms with van der Waals surface area (Å²) in [5.74, 6) is -0.354. The summed E-state index contributed by atoms with van der Waals surface area (Å²) >= 11 is 6.31. The van der Waals surface area contributed by atoms with Crippen molar-refractivity contribution in [3.05, 3.63) is 89.3 Å². The van der Waals surface area contributed by atoms with Crippen LogP contribution in [0.4, 0.5) is 27.5 Å². The number of anilines is 4. The third-order valence-electron chi connectivity index (χ3n) is 6.77. The smallest absolute Gasteiger partial charge is 0.240 e. The Labute approximate surface area is 242 Å². The number of rotatable bonds is 4. The number of amides is 1. The van der Waals surface area contributed by atoms with Crippen LogP contribution in [0.3, 0.4) is 0 Å². The molecule has 1 aliphatic heterocycles. The largest absolute Gasteiger partial charge is 0.369 e. The van der Waals surface area contributed by atoms with Gasteiger partial charge in [0.05, 0.1) is 16.0 Å². The van der Waals surface area contributed by atoms with Gasteiger partial charge < -0.3 is 16.0 Å². The Morgan fingerprint density at radius 1 is 1.05 bits per heavy atom. The monoisotopic (exact) mass is 594 g/mol. The van der Waals surface area contributed by atoms with E-state index in [1.807, 2.05) is 0 Å². The molecule has 0 atom stereocenters. The maximum atomic E-state index is 15.3. The first-order chi connectivity index (χ1) is 19.5. The van der Waals surface area contributed by atoms with Gasteiger partial charge in [-0.2, -0.15) is 4.98 Å². The summed E-state index contributed by atoms with van der Waals surface area (Å²) in [5.41, 5.74) is 1.18. The lowest BCUT2D eigenvalue weighted by molar-refractivity contribution is -0.120. The van der Waals surface area contributed by atoms with E-state index in [4.69, 9.17) is 11.6 Å². The van der Waals surface area contributed by atoms with Gasteiger partial charge in [0, 0.05) is 35.6 Å². The summed E-state index contributed by atoms with van der Waals surface area (Å²) in [6.45, 7) is 4.07. The van der Waals surface area contributed by atoms with E-state index >= 15 is 4.39 Å². The van der Waals surface area contributed by atoms with Crippen molar-refractivity contribution in [1.82, 2.24) is 14.7 Å². The minimum atomic E-state index is -3.67. The van der Waals surface area contributed by atoms with Crippen molar-refractivity contribution in [1.29, 1.82) is 0 Å². The molecule has 0 spiro atoms. The van der Waals surface area contributed by atoms with Crippen LogP contribution >= 0.6 is 11.6 Å². The lowest BCUT2D eigenvalue weighted by Crippen LogP contribution is -2.35. The molecule has 5 rings (SSSR count). The van der Waals surface area contributed by atoms with E-state index in [-0.39, 0.29) is 23.1 Å². The van der Waals surface area contributed by atoms with E-state index in [1.165, 1.54) is 24.3 Å². The van der Waals surface area contributed by atoms with Gasteiger partial charge in [0.15, 0.2) is 0 Å². The fourth-order valence-corrected chi connectivity index (χ4v) is 5.89. The number of aromatic nitrogens is 2. The highest BCUT2D eigenvalue weighted by Crippen LogP contribution is 2.33. The van der Waals surface area contributed by atoms with Gasteiger partial charge in [-0.3, -0.25) is 4.79 Å². The van der Waals surface area contributed by atoms with E-state index < -0.39 is 27.2 Å². The van der Waals surface area contributed by atoms with Crippen molar-refractivity contribution in [2.45, 2.75) is 30.6 Å². The second-order valence-electron chi connectivity index (χ2n) is 10.0. The standard InChI is InChI=1S/C29H28ClFN6O3S/c1-29(2,22-9-3-4-10-23(22)30)27(38)36-25-12-11-18(15-24(25)31)21-17-33-28-35-19-7-5-8-20(16-19)41(39,40)34-14-6-13-32-26(21)37-28/h3-5,7-12,15-17,34H,6,13-14H2,1-2H3,(H,36,38)(H2,32,33,35,37). The number of benzene rings is 3. The van der Waals surface area contributed by atoms with Crippen molar-refractivity contribution in [3.8, 4) is 11.1 Å². The topological polar surface area (TPSA) is 125 Å². The fraction of sp³-hybridized carbons (Fsp3) is 0.207. The van der Waals surface area contributed by atoms with Crippen LogP contribution in [0.2, 0.25) is 5.02 Å². The van der Waals surface area contributed by atoms with Crippen molar-refractivity contribution < 1.29 is 17.6 Å². The lowest BCUT2D eigenvalue weighted by atomic mass is 9.83. The molecule has 0 radical (unpaired) electrons. The third kappa shape index (κ3) is 6.17. The van der Waals surface area contributed by atoms with E-state index in [0.717, 1.165) is 0 Å². The number of hydrogen-bond acceptors (Lipinski definition) is 7. The second-order valence-corrected chi connectivity index (χ2v) is 12.2. The van der Waals surface area contributed by atoms with Gasteiger partial charge in [0.25, 0.3) is 0 Å². The molecule has 4 bridgehead atoms. The zero-order valence-electron chi connectivity index (χ0n) is 22.3. The maximum Gasteiger partial charge on any atom is 0.240 e. The Kier molecular flexibility index (Phi) is 7.94. The van der Waals surface area contributed by atoms with Crippen LogP contribution in [0.5, 0.6) is 0 Å². The molecule has 2 heterocycles. The van der Waals surface area contributed by atoms with E-state index in [0.29, 0.717) is 46.2 Å². The van der Waals surface area contributed by atoms with E-state index in [1.54, 1.807) is 62.5 Å². The molecule has 1 amide bonds. The highest BCUT2D eigenvalue weighted by Gasteiger charge is 2.32. The fourth-order valence-electron chi connectivity index (χ4n) is 4.40. The predicted octanol–water partition coefficient (Wildman–Crippen LogP) is 5.69. The summed E-state index contributed by atoms with van der Waals surface area (Å²) in [6.07, 6.45) is 2.04. The molecule has 0 aliphatic carbocycles. The first-order valence-corrected chi connectivity index (χ1v) is 14.7. The number of carbonyl (C=O) groups excluding carboxylic acids is 1. The Hall–Kier alpha value is -4.06. The number of sulfonamides is 1. The minimum Gasteiger partial charge on any atom is -0.369 e. The molecule has 4 N–H and O–H groups in total. The van der Waals surface area contributed by atoms with Crippen LogP contribution in [0.25, 0.3) is 11.1 Å². The number of nitrogens with zero attached hydrogens (tertiary/aromatic N) is 2. The Bertz CT molecular complexity index is 1730. The maximum absolute atomic E-state index is 15.3. The van der Waals surface area contributed by atoms with Crippen LogP contribution in [0.15, 0.2) is 77.8 Å². The molecule has 212 valence electrons. The summed E-state index contributed by atoms with van der Waals surface area (Å²) in [7, 11) is -3.67. The van der Waals surface area contributed by atoms with Crippen LogP contribution in [0.1, 0.15) is 25.8 Å². The van der Waals surface area contributed by atoms with Gasteiger partial charge in [-0.15, -0.1) is 0 Å². The van der Waals surface area contributed by atoms with Gasteiger partial charge in [-0.25, -0.2) is 22.5 Å². The Morgan fingerprint density at radius 2 is 1.85 bits per heavy atom. The van der Waals surface area contributed by atoms with Crippen molar-refractivity contribution in [2.24, 2.45) is 0 Å². The highest BCUT2D eigenvalue weighted by atomic mass is 35.5. The number of halogens is 2. The van der Waals surface area contributed by atoms with E-state index in [2.05, 4.69) is 30.6 Å². The molecule has 0 saturated carbocycles. The molecule has 9 nitrogen and oxygen atoms in total. The quantitative estimate of drug-likeness (QED) is 0.239. The Balaban J connectivity index is 1.42. The Morgan fingerprint density at radius 3 is 2.63 bits per heavy atom. The van der Waals surface area contributed by atoms with Crippen LogP contribution in [-0.4, -0.2) is 37.4 Å². The normalized spacial score (nSPS) is 14.8. The molecular weight excluding hydrogens is 567 g/mol. The number of fused-ring (bicyclic) bond motifs is 4. The average molecular weight is 595 g/mol. The average Bonchev–Trinajstić information content (AvgIpc) is 2.94. The zero-order valence-corrected chi connectivity index (χ0v) is 23.9.